The molecule has 1 N–H and O–H groups in total. The fourth-order valence-electron chi connectivity index (χ4n) is 4.62. The van der Waals surface area contributed by atoms with Crippen LogP contribution in [0.25, 0.3) is 0 Å². The van der Waals surface area contributed by atoms with Gasteiger partial charge in [0.2, 0.25) is 5.91 Å². The van der Waals surface area contributed by atoms with Crippen molar-refractivity contribution in [1.82, 2.24) is 4.98 Å². The Morgan fingerprint density at radius 2 is 1.57 bits per heavy atom. The molecule has 1 aromatic rings. The maximum absolute atomic E-state index is 13.1. The highest BCUT2D eigenvalue weighted by molar-refractivity contribution is 5.92. The van der Waals surface area contributed by atoms with Gasteiger partial charge < -0.3 is 5.32 Å². The number of nitrogens with zero attached hydrogens (tertiary/aromatic N) is 1. The number of pyridine rings is 1. The van der Waals surface area contributed by atoms with Crippen molar-refractivity contribution in [1.29, 1.82) is 0 Å². The number of carbonyl (C=O) groups is 1. The van der Waals surface area contributed by atoms with Crippen LogP contribution in [-0.2, 0) is 4.79 Å². The molecule has 2 saturated carbocycles. The van der Waals surface area contributed by atoms with E-state index in [-0.39, 0.29) is 11.8 Å². The molecule has 0 atom stereocenters. The lowest BCUT2D eigenvalue weighted by Crippen LogP contribution is -2.37. The molecule has 0 unspecified atom stereocenters. The fourth-order valence-corrected chi connectivity index (χ4v) is 4.62. The van der Waals surface area contributed by atoms with Crippen molar-refractivity contribution < 1.29 is 4.79 Å². The Bertz CT molecular complexity index is 498. The summed E-state index contributed by atoms with van der Waals surface area (Å²) in [4.78, 5) is 17.5. The van der Waals surface area contributed by atoms with Crippen molar-refractivity contribution in [2.24, 2.45) is 17.8 Å². The molecule has 3 nitrogen and oxygen atoms in total. The summed E-state index contributed by atoms with van der Waals surface area (Å²) in [5.41, 5.74) is 0.953. The van der Waals surface area contributed by atoms with Gasteiger partial charge in [0, 0.05) is 11.6 Å². The van der Waals surface area contributed by atoms with Gasteiger partial charge in [0.15, 0.2) is 0 Å². The molecule has 126 valence electrons. The van der Waals surface area contributed by atoms with Crippen molar-refractivity contribution in [2.45, 2.75) is 71.1 Å². The largest absolute Gasteiger partial charge is 0.310 e. The third-order valence-electron chi connectivity index (χ3n) is 5.76. The molecule has 0 bridgehead atoms. The third kappa shape index (κ3) is 4.33. The van der Waals surface area contributed by atoms with Crippen LogP contribution in [0.3, 0.4) is 0 Å². The van der Waals surface area contributed by atoms with Crippen molar-refractivity contribution in [3.05, 3.63) is 23.9 Å². The smallest absolute Gasteiger partial charge is 0.229 e. The van der Waals surface area contributed by atoms with Gasteiger partial charge in [0.25, 0.3) is 0 Å². The molecule has 0 radical (unpaired) electrons. The molecule has 2 fully saturated rings. The second kappa shape index (κ2) is 7.94. The van der Waals surface area contributed by atoms with Gasteiger partial charge in [0.1, 0.15) is 5.82 Å². The van der Waals surface area contributed by atoms with E-state index in [1.54, 1.807) is 0 Å². The monoisotopic (exact) mass is 314 g/mol. The average Bonchev–Trinajstić information content (AvgIpc) is 2.57. The van der Waals surface area contributed by atoms with E-state index >= 15 is 0 Å². The summed E-state index contributed by atoms with van der Waals surface area (Å²) in [6, 6.07) is 5.84. The molecule has 0 aliphatic heterocycles. The quantitative estimate of drug-likeness (QED) is 0.839. The molecule has 1 heterocycles. The fraction of sp³-hybridized carbons (Fsp3) is 0.700. The lowest BCUT2D eigenvalue weighted by molar-refractivity contribution is -0.124. The maximum Gasteiger partial charge on any atom is 0.229 e. The number of aryl methyl sites for hydroxylation is 1. The first-order valence-corrected chi connectivity index (χ1v) is 9.48. The first-order chi connectivity index (χ1) is 11.2. The second-order valence-electron chi connectivity index (χ2n) is 7.48. The van der Waals surface area contributed by atoms with E-state index < -0.39 is 0 Å². The van der Waals surface area contributed by atoms with Crippen LogP contribution < -0.4 is 5.32 Å². The van der Waals surface area contributed by atoms with Gasteiger partial charge in [-0.05, 0) is 56.6 Å². The van der Waals surface area contributed by atoms with E-state index in [0.29, 0.717) is 17.7 Å². The first-order valence-electron chi connectivity index (χ1n) is 9.48. The van der Waals surface area contributed by atoms with E-state index in [0.717, 1.165) is 5.69 Å². The molecule has 1 aromatic heterocycles. The van der Waals surface area contributed by atoms with Gasteiger partial charge in [-0.2, -0.15) is 0 Å². The molecular weight excluding hydrogens is 284 g/mol. The van der Waals surface area contributed by atoms with Crippen molar-refractivity contribution in [3.8, 4) is 0 Å². The molecular formula is C20H30N2O. The number of aromatic nitrogens is 1. The molecule has 2 aliphatic carbocycles. The number of carbonyl (C=O) groups excluding carboxylic acids is 1. The minimum Gasteiger partial charge on any atom is -0.310 e. The molecule has 3 rings (SSSR count). The van der Waals surface area contributed by atoms with Crippen LogP contribution in [0.2, 0.25) is 0 Å². The zero-order valence-corrected chi connectivity index (χ0v) is 14.4. The Morgan fingerprint density at radius 1 is 1.00 bits per heavy atom. The second-order valence-corrected chi connectivity index (χ2v) is 7.48. The SMILES string of the molecule is Cc1cccc(NC(=O)C(C2CCCCC2)C2CCCCC2)n1. The van der Waals surface area contributed by atoms with E-state index in [2.05, 4.69) is 10.3 Å². The van der Waals surface area contributed by atoms with Crippen molar-refractivity contribution >= 4 is 11.7 Å². The summed E-state index contributed by atoms with van der Waals surface area (Å²) in [5.74, 6) is 2.29. The van der Waals surface area contributed by atoms with Gasteiger partial charge >= 0.3 is 0 Å². The molecule has 0 aromatic carbocycles. The lowest BCUT2D eigenvalue weighted by Gasteiger charge is -2.36. The van der Waals surface area contributed by atoms with Gasteiger partial charge in [-0.25, -0.2) is 4.98 Å². The van der Waals surface area contributed by atoms with E-state index in [4.69, 9.17) is 0 Å². The van der Waals surface area contributed by atoms with Crippen LogP contribution in [0.1, 0.15) is 69.9 Å². The highest BCUT2D eigenvalue weighted by Gasteiger charge is 2.36. The van der Waals surface area contributed by atoms with E-state index in [1.807, 2.05) is 25.1 Å². The minimum absolute atomic E-state index is 0.193. The summed E-state index contributed by atoms with van der Waals surface area (Å²) in [6.45, 7) is 1.97. The Hall–Kier alpha value is -1.38. The molecule has 3 heteroatoms. The number of hydrogen-bond acceptors (Lipinski definition) is 2. The van der Waals surface area contributed by atoms with E-state index in [1.165, 1.54) is 64.2 Å². The minimum atomic E-state index is 0.193. The number of hydrogen-bond donors (Lipinski definition) is 1. The zero-order valence-electron chi connectivity index (χ0n) is 14.4. The summed E-state index contributed by atoms with van der Waals surface area (Å²) in [7, 11) is 0. The van der Waals surface area contributed by atoms with Gasteiger partial charge in [-0.15, -0.1) is 0 Å². The molecule has 0 spiro atoms. The predicted molar refractivity (Wildman–Crippen MR) is 94.2 cm³/mol. The standard InChI is InChI=1S/C20H30N2O/c1-15-9-8-14-18(21-15)22-20(23)19(16-10-4-2-5-11-16)17-12-6-3-7-13-17/h8-9,14,16-17,19H,2-7,10-13H2,1H3,(H,21,22,23). The van der Waals surface area contributed by atoms with Gasteiger partial charge in [-0.1, -0.05) is 44.6 Å². The normalized spacial score (nSPS) is 20.6. The van der Waals surface area contributed by atoms with Crippen molar-refractivity contribution in [2.75, 3.05) is 5.32 Å². The molecule has 1 amide bonds. The number of amides is 1. The average molecular weight is 314 g/mol. The highest BCUT2D eigenvalue weighted by Crippen LogP contribution is 2.40. The van der Waals surface area contributed by atoms with Crippen LogP contribution in [0.15, 0.2) is 18.2 Å². The Labute approximate surface area is 140 Å². The van der Waals surface area contributed by atoms with Gasteiger partial charge in [-0.3, -0.25) is 4.79 Å². The number of anilines is 1. The van der Waals surface area contributed by atoms with E-state index in [9.17, 15) is 4.79 Å². The number of rotatable bonds is 4. The molecule has 0 saturated heterocycles. The van der Waals surface area contributed by atoms with Crippen LogP contribution in [-0.4, -0.2) is 10.9 Å². The summed E-state index contributed by atoms with van der Waals surface area (Å²) in [5, 5.41) is 3.13. The maximum atomic E-state index is 13.1. The Morgan fingerprint density at radius 3 is 2.09 bits per heavy atom. The third-order valence-corrected chi connectivity index (χ3v) is 5.76. The predicted octanol–water partition coefficient (Wildman–Crippen LogP) is 5.11. The first kappa shape index (κ1) is 16.5. The molecule has 23 heavy (non-hydrogen) atoms. The van der Waals surface area contributed by atoms with Crippen LogP contribution >= 0.6 is 0 Å². The van der Waals surface area contributed by atoms with Crippen LogP contribution in [0, 0.1) is 24.7 Å². The zero-order chi connectivity index (χ0) is 16.1. The lowest BCUT2D eigenvalue weighted by atomic mass is 9.69. The topological polar surface area (TPSA) is 42.0 Å². The van der Waals surface area contributed by atoms with Gasteiger partial charge in [0.05, 0.1) is 0 Å². The summed E-state index contributed by atoms with van der Waals surface area (Å²) >= 11 is 0. The van der Waals surface area contributed by atoms with Crippen LogP contribution in [0.5, 0.6) is 0 Å². The summed E-state index contributed by atoms with van der Waals surface area (Å²) < 4.78 is 0. The van der Waals surface area contributed by atoms with Crippen LogP contribution in [0.4, 0.5) is 5.82 Å². The Kier molecular flexibility index (Phi) is 5.69. The van der Waals surface area contributed by atoms with Crippen molar-refractivity contribution in [3.63, 3.8) is 0 Å². The molecule has 2 aliphatic rings. The Balaban J connectivity index is 1.74. The summed E-state index contributed by atoms with van der Waals surface area (Å²) in [6.07, 6.45) is 12.8. The highest BCUT2D eigenvalue weighted by atomic mass is 16.2. The number of nitrogens with one attached hydrogen (secondary N) is 1.